The van der Waals surface area contributed by atoms with Crippen LogP contribution in [-0.2, 0) is 0 Å². The quantitative estimate of drug-likeness (QED) is 0.771. The first-order valence-corrected chi connectivity index (χ1v) is 10.4. The summed E-state index contributed by atoms with van der Waals surface area (Å²) in [5.74, 6) is -0.672. The molecule has 2 N–H and O–H groups in total. The van der Waals surface area contributed by atoms with Gasteiger partial charge in [0.15, 0.2) is 0 Å². The number of nitrogens with zero attached hydrogens (tertiary/aromatic N) is 5. The molecule has 1 saturated carbocycles. The first kappa shape index (κ1) is 19.9. The Labute approximate surface area is 177 Å². The molecule has 1 aromatic carbocycles. The molecule has 1 aliphatic carbocycles. The molecule has 30 heavy (non-hydrogen) atoms. The third kappa shape index (κ3) is 3.40. The van der Waals surface area contributed by atoms with E-state index in [1.54, 1.807) is 5.01 Å². The number of nitrogens with two attached hydrogens (primary N) is 1. The highest BCUT2D eigenvalue weighted by Gasteiger charge is 2.37. The summed E-state index contributed by atoms with van der Waals surface area (Å²) < 4.78 is 2.40. The number of aromatic nitrogens is 1. The lowest BCUT2D eigenvalue weighted by molar-refractivity contribution is 0.500. The fraction of sp³-hybridized carbons (Fsp3) is 0.375. The Morgan fingerprint density at radius 1 is 1.17 bits per heavy atom. The van der Waals surface area contributed by atoms with Crippen LogP contribution in [0.4, 0.5) is 5.69 Å². The van der Waals surface area contributed by atoms with Gasteiger partial charge in [-0.2, -0.15) is 15.6 Å². The number of rotatable bonds is 4. The Hall–Kier alpha value is -3.35. The molecule has 0 bridgehead atoms. The highest BCUT2D eigenvalue weighted by atomic mass is 15.5. The third-order valence-corrected chi connectivity index (χ3v) is 6.20. The van der Waals surface area contributed by atoms with Gasteiger partial charge < -0.3 is 10.3 Å². The molecule has 1 fully saturated rings. The average Bonchev–Trinajstić information content (AvgIpc) is 3.45. The smallest absolute Gasteiger partial charge is 0.127 e. The maximum atomic E-state index is 9.91. The Morgan fingerprint density at radius 2 is 1.87 bits per heavy atom. The number of hydrazone groups is 1. The van der Waals surface area contributed by atoms with E-state index < -0.39 is 12.1 Å². The second-order valence-corrected chi connectivity index (χ2v) is 8.07. The maximum absolute atomic E-state index is 9.91. The fourth-order valence-electron chi connectivity index (χ4n) is 4.71. The van der Waals surface area contributed by atoms with Crippen LogP contribution in [0, 0.1) is 42.4 Å². The van der Waals surface area contributed by atoms with E-state index in [1.807, 2.05) is 36.4 Å². The van der Waals surface area contributed by atoms with Crippen LogP contribution in [0.5, 0.6) is 0 Å². The lowest BCUT2D eigenvalue weighted by Gasteiger charge is -2.21. The van der Waals surface area contributed by atoms with Gasteiger partial charge in [0.05, 0.1) is 23.0 Å². The van der Waals surface area contributed by atoms with Crippen molar-refractivity contribution >= 4 is 17.5 Å². The Bertz CT molecular complexity index is 1070. The summed E-state index contributed by atoms with van der Waals surface area (Å²) >= 11 is 0. The topological polar surface area (TPSA) is 94.1 Å². The molecule has 0 radical (unpaired) electrons. The molecule has 2 aromatic rings. The number of allylic oxidation sites excluding steroid dienone is 1. The zero-order valence-corrected chi connectivity index (χ0v) is 17.4. The Balaban J connectivity index is 1.73. The molecule has 2 heterocycles. The molecule has 152 valence electrons. The van der Waals surface area contributed by atoms with Crippen LogP contribution >= 0.6 is 0 Å². The standard InChI is InChI=1S/C24H26N6/c1-16-12-18(17(2)29(16)20-8-6-7-9-20)13-19(14-25)23-22(15-26)24(27)30(28-23)21-10-4-3-5-11-21/h3-5,10-13,20,22,24H,6-9,27H2,1-2H3/b19-13-/t22-,24-/m0/s1. The minimum atomic E-state index is -0.672. The van der Waals surface area contributed by atoms with Gasteiger partial charge in [-0.05, 0) is 56.5 Å². The van der Waals surface area contributed by atoms with Crippen LogP contribution < -0.4 is 10.7 Å². The summed E-state index contributed by atoms with van der Waals surface area (Å²) in [4.78, 5) is 0. The van der Waals surface area contributed by atoms with Gasteiger partial charge in [0.1, 0.15) is 18.2 Å². The number of hydrogen-bond acceptors (Lipinski definition) is 5. The molecule has 2 atom stereocenters. The molecule has 4 rings (SSSR count). The molecule has 1 aromatic heterocycles. The van der Waals surface area contributed by atoms with Crippen molar-refractivity contribution < 1.29 is 0 Å². The van der Waals surface area contributed by atoms with Gasteiger partial charge in [-0.3, -0.25) is 0 Å². The maximum Gasteiger partial charge on any atom is 0.127 e. The molecule has 6 nitrogen and oxygen atoms in total. The van der Waals surface area contributed by atoms with Gasteiger partial charge in [0, 0.05) is 17.4 Å². The number of benzene rings is 1. The van der Waals surface area contributed by atoms with Crippen LogP contribution in [0.15, 0.2) is 47.1 Å². The average molecular weight is 399 g/mol. The van der Waals surface area contributed by atoms with Crippen molar-refractivity contribution in [2.75, 3.05) is 5.01 Å². The molecule has 0 unspecified atom stereocenters. The van der Waals surface area contributed by atoms with E-state index in [0.717, 1.165) is 16.9 Å². The van der Waals surface area contributed by atoms with E-state index in [-0.39, 0.29) is 0 Å². The lowest BCUT2D eigenvalue weighted by Crippen LogP contribution is -2.40. The van der Waals surface area contributed by atoms with Crippen molar-refractivity contribution in [3.63, 3.8) is 0 Å². The molecule has 2 aliphatic rings. The van der Waals surface area contributed by atoms with Crippen molar-refractivity contribution in [2.24, 2.45) is 16.8 Å². The van der Waals surface area contributed by atoms with Crippen molar-refractivity contribution in [3.8, 4) is 12.1 Å². The summed E-state index contributed by atoms with van der Waals surface area (Å²) in [6.45, 7) is 4.22. The molecular formula is C24H26N6. The zero-order valence-electron chi connectivity index (χ0n) is 17.4. The number of nitriles is 2. The van der Waals surface area contributed by atoms with Gasteiger partial charge in [0.25, 0.3) is 0 Å². The minimum absolute atomic E-state index is 0.391. The van der Waals surface area contributed by atoms with Crippen molar-refractivity contribution in [1.82, 2.24) is 4.57 Å². The van der Waals surface area contributed by atoms with E-state index in [4.69, 9.17) is 5.73 Å². The highest BCUT2D eigenvalue weighted by Crippen LogP contribution is 2.34. The number of para-hydroxylation sites is 1. The lowest BCUT2D eigenvalue weighted by atomic mass is 9.95. The fourth-order valence-corrected chi connectivity index (χ4v) is 4.71. The summed E-state index contributed by atoms with van der Waals surface area (Å²) in [6.07, 6.45) is 6.17. The minimum Gasteiger partial charge on any atom is -0.346 e. The predicted octanol–water partition coefficient (Wildman–Crippen LogP) is 4.43. The van der Waals surface area contributed by atoms with E-state index in [9.17, 15) is 10.5 Å². The summed E-state index contributed by atoms with van der Waals surface area (Å²) in [5, 5.41) is 25.9. The monoisotopic (exact) mass is 398 g/mol. The van der Waals surface area contributed by atoms with E-state index >= 15 is 0 Å². The van der Waals surface area contributed by atoms with Gasteiger partial charge in [-0.25, -0.2) is 5.01 Å². The van der Waals surface area contributed by atoms with Crippen molar-refractivity contribution in [3.05, 3.63) is 58.9 Å². The highest BCUT2D eigenvalue weighted by molar-refractivity contribution is 6.11. The van der Waals surface area contributed by atoms with Crippen LogP contribution in [0.25, 0.3) is 6.08 Å². The first-order valence-electron chi connectivity index (χ1n) is 10.4. The SMILES string of the molecule is Cc1cc(/C=C(/C#N)C2=NN(c3ccccc3)[C@H](N)[C@H]2C#N)c(C)n1C1CCCC1. The second kappa shape index (κ2) is 8.18. The van der Waals surface area contributed by atoms with E-state index in [0.29, 0.717) is 17.3 Å². The summed E-state index contributed by atoms with van der Waals surface area (Å²) in [5.41, 5.74) is 11.3. The Morgan fingerprint density at radius 3 is 2.50 bits per heavy atom. The third-order valence-electron chi connectivity index (χ3n) is 6.20. The molecular weight excluding hydrogens is 372 g/mol. The predicted molar refractivity (Wildman–Crippen MR) is 118 cm³/mol. The zero-order chi connectivity index (χ0) is 21.3. The van der Waals surface area contributed by atoms with Gasteiger partial charge >= 0.3 is 0 Å². The number of hydrogen-bond donors (Lipinski definition) is 1. The second-order valence-electron chi connectivity index (χ2n) is 8.07. The van der Waals surface area contributed by atoms with E-state index in [1.165, 1.54) is 31.4 Å². The van der Waals surface area contributed by atoms with Crippen LogP contribution in [0.3, 0.4) is 0 Å². The van der Waals surface area contributed by atoms with Crippen LogP contribution in [-0.4, -0.2) is 16.4 Å². The molecule has 1 aliphatic heterocycles. The summed E-state index contributed by atoms with van der Waals surface area (Å²) in [6, 6.07) is 16.7. The van der Waals surface area contributed by atoms with Crippen LogP contribution in [0.2, 0.25) is 0 Å². The number of anilines is 1. The van der Waals surface area contributed by atoms with Gasteiger partial charge in [0.2, 0.25) is 0 Å². The normalized spacial score (nSPS) is 22.1. The van der Waals surface area contributed by atoms with Crippen molar-refractivity contribution in [2.45, 2.75) is 51.7 Å². The van der Waals surface area contributed by atoms with Gasteiger partial charge in [-0.1, -0.05) is 31.0 Å². The van der Waals surface area contributed by atoms with E-state index in [2.05, 4.69) is 41.7 Å². The molecule has 0 saturated heterocycles. The molecule has 0 spiro atoms. The molecule has 0 amide bonds. The molecule has 6 heteroatoms. The summed E-state index contributed by atoms with van der Waals surface area (Å²) in [7, 11) is 0. The van der Waals surface area contributed by atoms with Crippen LogP contribution in [0.1, 0.15) is 48.7 Å². The Kier molecular flexibility index (Phi) is 5.44. The van der Waals surface area contributed by atoms with Gasteiger partial charge in [-0.15, -0.1) is 0 Å². The first-order chi connectivity index (χ1) is 14.5. The van der Waals surface area contributed by atoms with Crippen molar-refractivity contribution in [1.29, 1.82) is 10.5 Å². The number of aryl methyl sites for hydroxylation is 1. The largest absolute Gasteiger partial charge is 0.346 e.